The highest BCUT2D eigenvalue weighted by Crippen LogP contribution is 2.16. The molecule has 3 aromatic rings. The number of Topliss-reactive ketones (excluding diaryl/α,β-unsaturated/α-hetero) is 1. The highest BCUT2D eigenvalue weighted by molar-refractivity contribution is 9.10. The molecule has 3 rings (SSSR count). The molecule has 0 saturated carbocycles. The van der Waals surface area contributed by atoms with Crippen molar-refractivity contribution in [1.29, 1.82) is 0 Å². The van der Waals surface area contributed by atoms with Crippen LogP contribution in [0.1, 0.15) is 20.7 Å². The third-order valence-corrected chi connectivity index (χ3v) is 4.32. The van der Waals surface area contributed by atoms with Crippen molar-refractivity contribution in [2.75, 3.05) is 5.32 Å². The molecule has 26 heavy (non-hydrogen) atoms. The molecule has 1 amide bonds. The van der Waals surface area contributed by atoms with E-state index in [9.17, 15) is 9.59 Å². The summed E-state index contributed by atoms with van der Waals surface area (Å²) in [6.45, 7) is 0. The van der Waals surface area contributed by atoms with Crippen LogP contribution in [0.4, 0.5) is 5.69 Å². The summed E-state index contributed by atoms with van der Waals surface area (Å²) >= 11 is 3.38. The molecular formula is C21H17BrN2O2. The summed E-state index contributed by atoms with van der Waals surface area (Å²) in [4.78, 5) is 25.4. The zero-order valence-electron chi connectivity index (χ0n) is 13.9. The van der Waals surface area contributed by atoms with Gasteiger partial charge in [-0.2, -0.15) is 0 Å². The summed E-state index contributed by atoms with van der Waals surface area (Å²) in [5.41, 5.74) is 1.75. The second-order valence-electron chi connectivity index (χ2n) is 5.65. The van der Waals surface area contributed by atoms with Gasteiger partial charge in [0.2, 0.25) is 5.78 Å². The topological polar surface area (TPSA) is 58.2 Å². The Bertz CT molecular complexity index is 881. The lowest BCUT2D eigenvalue weighted by atomic mass is 10.1. The molecule has 3 aromatic carbocycles. The van der Waals surface area contributed by atoms with E-state index in [1.807, 2.05) is 36.4 Å². The van der Waals surface area contributed by atoms with Crippen LogP contribution in [0.3, 0.4) is 0 Å². The predicted molar refractivity (Wildman–Crippen MR) is 106 cm³/mol. The molecule has 0 radical (unpaired) electrons. The van der Waals surface area contributed by atoms with Gasteiger partial charge in [0, 0.05) is 21.3 Å². The van der Waals surface area contributed by atoms with E-state index in [0.29, 0.717) is 11.1 Å². The maximum Gasteiger partial charge on any atom is 0.253 e. The number of hydrogen-bond donors (Lipinski definition) is 2. The minimum atomic E-state index is -0.883. The Labute approximate surface area is 160 Å². The van der Waals surface area contributed by atoms with Crippen LogP contribution < -0.4 is 10.6 Å². The Morgan fingerprint density at radius 3 is 1.85 bits per heavy atom. The van der Waals surface area contributed by atoms with Gasteiger partial charge in [-0.1, -0.05) is 64.5 Å². The zero-order valence-corrected chi connectivity index (χ0v) is 15.4. The van der Waals surface area contributed by atoms with E-state index >= 15 is 0 Å². The first-order valence-corrected chi connectivity index (χ1v) is 8.90. The van der Waals surface area contributed by atoms with Gasteiger partial charge in [-0.15, -0.1) is 0 Å². The SMILES string of the molecule is O=C(NC(Nc1ccc(Br)cc1)C(=O)c1ccccc1)c1ccccc1. The highest BCUT2D eigenvalue weighted by Gasteiger charge is 2.22. The van der Waals surface area contributed by atoms with Crippen LogP contribution in [-0.4, -0.2) is 17.9 Å². The number of hydrogen-bond acceptors (Lipinski definition) is 3. The molecule has 0 spiro atoms. The van der Waals surface area contributed by atoms with Crippen LogP contribution in [-0.2, 0) is 0 Å². The molecule has 0 bridgehead atoms. The zero-order chi connectivity index (χ0) is 18.4. The second kappa shape index (κ2) is 8.45. The minimum Gasteiger partial charge on any atom is -0.359 e. The van der Waals surface area contributed by atoms with Crippen LogP contribution >= 0.6 is 15.9 Å². The lowest BCUT2D eigenvalue weighted by Crippen LogP contribution is -2.46. The number of ketones is 1. The van der Waals surface area contributed by atoms with Gasteiger partial charge in [0.15, 0.2) is 6.17 Å². The molecule has 1 unspecified atom stereocenters. The summed E-state index contributed by atoms with van der Waals surface area (Å²) in [7, 11) is 0. The van der Waals surface area contributed by atoms with E-state index < -0.39 is 6.17 Å². The summed E-state index contributed by atoms with van der Waals surface area (Å²) in [6.07, 6.45) is -0.883. The first kappa shape index (κ1) is 17.9. The molecule has 1 atom stereocenters. The van der Waals surface area contributed by atoms with Crippen LogP contribution in [0, 0.1) is 0 Å². The molecule has 130 valence electrons. The fourth-order valence-corrected chi connectivity index (χ4v) is 2.72. The average molecular weight is 409 g/mol. The van der Waals surface area contributed by atoms with Crippen LogP contribution in [0.25, 0.3) is 0 Å². The van der Waals surface area contributed by atoms with E-state index in [1.54, 1.807) is 48.5 Å². The van der Waals surface area contributed by atoms with Gasteiger partial charge in [-0.25, -0.2) is 0 Å². The molecule has 0 aliphatic heterocycles. The maximum absolute atomic E-state index is 12.9. The smallest absolute Gasteiger partial charge is 0.253 e. The summed E-state index contributed by atoms with van der Waals surface area (Å²) < 4.78 is 0.933. The number of rotatable bonds is 6. The van der Waals surface area contributed by atoms with E-state index in [2.05, 4.69) is 26.6 Å². The van der Waals surface area contributed by atoms with Gasteiger partial charge in [0.25, 0.3) is 5.91 Å². The molecule has 0 aliphatic carbocycles. The highest BCUT2D eigenvalue weighted by atomic mass is 79.9. The van der Waals surface area contributed by atoms with E-state index in [1.165, 1.54) is 0 Å². The van der Waals surface area contributed by atoms with Crippen LogP contribution in [0.2, 0.25) is 0 Å². The Morgan fingerprint density at radius 1 is 0.731 bits per heavy atom. The van der Waals surface area contributed by atoms with Crippen molar-refractivity contribution in [2.45, 2.75) is 6.17 Å². The van der Waals surface area contributed by atoms with Crippen LogP contribution in [0.5, 0.6) is 0 Å². The first-order chi connectivity index (χ1) is 12.6. The van der Waals surface area contributed by atoms with Crippen molar-refractivity contribution >= 4 is 33.3 Å². The van der Waals surface area contributed by atoms with E-state index in [0.717, 1.165) is 10.2 Å². The Balaban J connectivity index is 1.84. The molecule has 2 N–H and O–H groups in total. The molecule has 5 heteroatoms. The van der Waals surface area contributed by atoms with Gasteiger partial charge in [-0.3, -0.25) is 9.59 Å². The van der Waals surface area contributed by atoms with Gasteiger partial charge < -0.3 is 10.6 Å². The van der Waals surface area contributed by atoms with Gasteiger partial charge in [0.1, 0.15) is 0 Å². The minimum absolute atomic E-state index is 0.210. The maximum atomic E-state index is 12.9. The normalized spacial score (nSPS) is 11.4. The lowest BCUT2D eigenvalue weighted by molar-refractivity contribution is 0.0869. The third kappa shape index (κ3) is 4.58. The molecular weight excluding hydrogens is 392 g/mol. The summed E-state index contributed by atoms with van der Waals surface area (Å²) in [5.74, 6) is -0.526. The quantitative estimate of drug-likeness (QED) is 0.466. The Morgan fingerprint density at radius 2 is 1.27 bits per heavy atom. The predicted octanol–water partition coefficient (Wildman–Crippen LogP) is 4.50. The number of nitrogens with one attached hydrogen (secondary N) is 2. The molecule has 0 aromatic heterocycles. The number of halogens is 1. The standard InChI is InChI=1S/C21H17BrN2O2/c22-17-11-13-18(14-12-17)23-20(19(25)15-7-3-1-4-8-15)24-21(26)16-9-5-2-6-10-16/h1-14,20,23H,(H,24,26). The van der Waals surface area contributed by atoms with Crippen molar-refractivity contribution in [3.05, 3.63) is 101 Å². The fraction of sp³-hybridized carbons (Fsp3) is 0.0476. The summed E-state index contributed by atoms with van der Waals surface area (Å²) in [6, 6.07) is 25.1. The Hall–Kier alpha value is -2.92. The fourth-order valence-electron chi connectivity index (χ4n) is 2.45. The number of benzene rings is 3. The van der Waals surface area contributed by atoms with E-state index in [4.69, 9.17) is 0 Å². The number of carbonyl (C=O) groups excluding carboxylic acids is 2. The monoisotopic (exact) mass is 408 g/mol. The van der Waals surface area contributed by atoms with Gasteiger partial charge in [0.05, 0.1) is 0 Å². The Kier molecular flexibility index (Phi) is 5.81. The van der Waals surface area contributed by atoms with Gasteiger partial charge in [-0.05, 0) is 36.4 Å². The number of carbonyl (C=O) groups is 2. The van der Waals surface area contributed by atoms with Crippen molar-refractivity contribution in [3.8, 4) is 0 Å². The van der Waals surface area contributed by atoms with Crippen LogP contribution in [0.15, 0.2) is 89.4 Å². The third-order valence-electron chi connectivity index (χ3n) is 3.79. The van der Waals surface area contributed by atoms with Crippen molar-refractivity contribution in [1.82, 2.24) is 5.32 Å². The molecule has 0 saturated heterocycles. The molecule has 0 fully saturated rings. The summed E-state index contributed by atoms with van der Waals surface area (Å²) in [5, 5.41) is 5.89. The van der Waals surface area contributed by atoms with Crippen molar-refractivity contribution in [2.24, 2.45) is 0 Å². The number of amides is 1. The van der Waals surface area contributed by atoms with Crippen molar-refractivity contribution in [3.63, 3.8) is 0 Å². The lowest BCUT2D eigenvalue weighted by Gasteiger charge is -2.20. The second-order valence-corrected chi connectivity index (χ2v) is 6.57. The number of anilines is 1. The van der Waals surface area contributed by atoms with E-state index in [-0.39, 0.29) is 11.7 Å². The molecule has 0 heterocycles. The largest absolute Gasteiger partial charge is 0.359 e. The van der Waals surface area contributed by atoms with Crippen molar-refractivity contribution < 1.29 is 9.59 Å². The first-order valence-electron chi connectivity index (χ1n) is 8.11. The average Bonchev–Trinajstić information content (AvgIpc) is 2.70. The molecule has 4 nitrogen and oxygen atoms in total. The van der Waals surface area contributed by atoms with Gasteiger partial charge >= 0.3 is 0 Å². The molecule has 0 aliphatic rings.